The van der Waals surface area contributed by atoms with E-state index in [-0.39, 0.29) is 0 Å². The summed E-state index contributed by atoms with van der Waals surface area (Å²) in [6.45, 7) is 5.07. The Morgan fingerprint density at radius 2 is 2.27 bits per heavy atom. The molecule has 88 valence electrons. The number of piperidine rings is 1. The third-order valence-corrected chi connectivity index (χ3v) is 3.90. The van der Waals surface area contributed by atoms with Crippen LogP contribution in [0.25, 0.3) is 0 Å². The summed E-state index contributed by atoms with van der Waals surface area (Å²) in [7, 11) is 0. The molecule has 2 aliphatic heterocycles. The van der Waals surface area contributed by atoms with Gasteiger partial charge in [-0.3, -0.25) is 0 Å². The molecular formula is C12H24N2O. The predicted molar refractivity (Wildman–Crippen MR) is 61.9 cm³/mol. The summed E-state index contributed by atoms with van der Waals surface area (Å²) in [5, 5.41) is 12.5. The van der Waals surface area contributed by atoms with E-state index in [4.69, 9.17) is 5.11 Å². The number of aliphatic hydroxyl groups excluding tert-OH is 1. The molecule has 3 nitrogen and oxygen atoms in total. The smallest absolute Gasteiger partial charge is 0.0445 e. The van der Waals surface area contributed by atoms with Gasteiger partial charge in [0.05, 0.1) is 0 Å². The highest BCUT2D eigenvalue weighted by molar-refractivity contribution is 4.89. The Hall–Kier alpha value is -0.120. The quantitative estimate of drug-likeness (QED) is 0.729. The molecule has 2 fully saturated rings. The van der Waals surface area contributed by atoms with Gasteiger partial charge in [-0.2, -0.15) is 0 Å². The average molecular weight is 212 g/mol. The van der Waals surface area contributed by atoms with Crippen molar-refractivity contribution in [2.75, 3.05) is 19.7 Å². The Labute approximate surface area is 92.8 Å². The van der Waals surface area contributed by atoms with E-state index in [1.807, 2.05) is 0 Å². The van der Waals surface area contributed by atoms with Gasteiger partial charge in [0.25, 0.3) is 0 Å². The van der Waals surface area contributed by atoms with Crippen molar-refractivity contribution in [3.63, 3.8) is 0 Å². The number of aliphatic hydroxyl groups is 1. The number of hydrogen-bond donors (Lipinski definition) is 2. The molecule has 3 heteroatoms. The van der Waals surface area contributed by atoms with Crippen molar-refractivity contribution in [1.29, 1.82) is 0 Å². The highest BCUT2D eigenvalue weighted by Crippen LogP contribution is 2.26. The lowest BCUT2D eigenvalue weighted by molar-refractivity contribution is 0.158. The summed E-state index contributed by atoms with van der Waals surface area (Å²) < 4.78 is 0. The van der Waals surface area contributed by atoms with Gasteiger partial charge in [-0.15, -0.1) is 0 Å². The van der Waals surface area contributed by atoms with E-state index in [0.717, 1.165) is 12.5 Å². The second-order valence-electron chi connectivity index (χ2n) is 5.13. The zero-order valence-electron chi connectivity index (χ0n) is 9.78. The highest BCUT2D eigenvalue weighted by Gasteiger charge is 2.31. The summed E-state index contributed by atoms with van der Waals surface area (Å²) >= 11 is 0. The molecule has 2 saturated heterocycles. The molecule has 0 radical (unpaired) electrons. The third kappa shape index (κ3) is 2.92. The summed E-state index contributed by atoms with van der Waals surface area (Å²) in [4.78, 5) is 2.65. The number of fused-ring (bicyclic) bond motifs is 1. The minimum Gasteiger partial charge on any atom is -0.396 e. The van der Waals surface area contributed by atoms with Crippen molar-refractivity contribution in [2.24, 2.45) is 0 Å². The first kappa shape index (κ1) is 11.4. The van der Waals surface area contributed by atoms with Crippen LogP contribution in [-0.2, 0) is 0 Å². The van der Waals surface area contributed by atoms with Gasteiger partial charge in [-0.1, -0.05) is 0 Å². The molecular weight excluding hydrogens is 188 g/mol. The van der Waals surface area contributed by atoms with E-state index in [1.54, 1.807) is 0 Å². The summed E-state index contributed by atoms with van der Waals surface area (Å²) in [5.74, 6) is 0. The van der Waals surface area contributed by atoms with Crippen molar-refractivity contribution in [3.05, 3.63) is 0 Å². The molecule has 0 aromatic carbocycles. The monoisotopic (exact) mass is 212 g/mol. The van der Waals surface area contributed by atoms with Crippen LogP contribution >= 0.6 is 0 Å². The molecule has 3 atom stereocenters. The van der Waals surface area contributed by atoms with Crippen LogP contribution in [0.2, 0.25) is 0 Å². The van der Waals surface area contributed by atoms with Gasteiger partial charge in [-0.05, 0) is 52.1 Å². The number of nitrogens with zero attached hydrogens (tertiary/aromatic N) is 1. The Morgan fingerprint density at radius 1 is 1.40 bits per heavy atom. The molecule has 0 saturated carbocycles. The fourth-order valence-electron chi connectivity index (χ4n) is 3.06. The second kappa shape index (κ2) is 5.28. The molecule has 0 bridgehead atoms. The molecule has 2 aliphatic rings. The molecule has 0 amide bonds. The Balaban J connectivity index is 1.75. The van der Waals surface area contributed by atoms with E-state index in [2.05, 4.69) is 17.1 Å². The number of nitrogens with one attached hydrogen (secondary N) is 1. The topological polar surface area (TPSA) is 35.5 Å². The van der Waals surface area contributed by atoms with Crippen molar-refractivity contribution in [3.8, 4) is 0 Å². The van der Waals surface area contributed by atoms with Crippen molar-refractivity contribution < 1.29 is 5.11 Å². The lowest BCUT2D eigenvalue weighted by Gasteiger charge is -2.36. The van der Waals surface area contributed by atoms with E-state index >= 15 is 0 Å². The third-order valence-electron chi connectivity index (χ3n) is 3.90. The first-order valence-corrected chi connectivity index (χ1v) is 6.40. The van der Waals surface area contributed by atoms with Gasteiger partial charge in [0.1, 0.15) is 0 Å². The van der Waals surface area contributed by atoms with Gasteiger partial charge in [-0.25, -0.2) is 0 Å². The van der Waals surface area contributed by atoms with Gasteiger partial charge in [0.2, 0.25) is 0 Å². The van der Waals surface area contributed by atoms with Crippen LogP contribution in [-0.4, -0.2) is 47.8 Å². The van der Waals surface area contributed by atoms with E-state index in [1.165, 1.54) is 38.8 Å². The maximum Gasteiger partial charge on any atom is 0.0445 e. The number of hydrogen-bond acceptors (Lipinski definition) is 3. The normalized spacial score (nSPS) is 34.0. The van der Waals surface area contributed by atoms with Gasteiger partial charge in [0, 0.05) is 24.7 Å². The molecule has 0 aromatic heterocycles. The van der Waals surface area contributed by atoms with Gasteiger partial charge in [0.15, 0.2) is 0 Å². The zero-order valence-corrected chi connectivity index (χ0v) is 9.78. The van der Waals surface area contributed by atoms with E-state index < -0.39 is 0 Å². The van der Waals surface area contributed by atoms with Crippen LogP contribution in [0.5, 0.6) is 0 Å². The van der Waals surface area contributed by atoms with Crippen LogP contribution in [0.4, 0.5) is 0 Å². The lowest BCUT2D eigenvalue weighted by atomic mass is 9.97. The molecule has 2 N–H and O–H groups in total. The molecule has 15 heavy (non-hydrogen) atoms. The standard InChI is InChI=1S/C12H24N2O/c1-10(5-8-15)13-11-4-7-14-6-2-3-12(14)9-11/h10-13,15H,2-9H2,1H3. The fraction of sp³-hybridized carbons (Fsp3) is 1.00. The molecule has 2 rings (SSSR count). The van der Waals surface area contributed by atoms with E-state index in [0.29, 0.717) is 18.7 Å². The molecule has 3 unspecified atom stereocenters. The summed E-state index contributed by atoms with van der Waals surface area (Å²) in [5.41, 5.74) is 0. The maximum atomic E-state index is 8.87. The second-order valence-corrected chi connectivity index (χ2v) is 5.13. The zero-order chi connectivity index (χ0) is 10.7. The van der Waals surface area contributed by atoms with Crippen molar-refractivity contribution >= 4 is 0 Å². The maximum absolute atomic E-state index is 8.87. The molecule has 0 aromatic rings. The SMILES string of the molecule is CC(CCO)NC1CCN2CCCC2C1. The Kier molecular flexibility index (Phi) is 4.00. The fourth-order valence-corrected chi connectivity index (χ4v) is 3.06. The van der Waals surface area contributed by atoms with E-state index in [9.17, 15) is 0 Å². The molecule has 2 heterocycles. The first-order chi connectivity index (χ1) is 7.29. The summed E-state index contributed by atoms with van der Waals surface area (Å²) in [6, 6.07) is 2.00. The highest BCUT2D eigenvalue weighted by atomic mass is 16.3. The van der Waals surface area contributed by atoms with Gasteiger partial charge < -0.3 is 15.3 Å². The van der Waals surface area contributed by atoms with Crippen LogP contribution < -0.4 is 5.32 Å². The van der Waals surface area contributed by atoms with Crippen LogP contribution in [0.15, 0.2) is 0 Å². The van der Waals surface area contributed by atoms with Crippen molar-refractivity contribution in [1.82, 2.24) is 10.2 Å². The average Bonchev–Trinajstić information content (AvgIpc) is 2.65. The first-order valence-electron chi connectivity index (χ1n) is 6.40. The molecule has 0 aliphatic carbocycles. The number of rotatable bonds is 4. The van der Waals surface area contributed by atoms with Crippen molar-refractivity contribution in [2.45, 2.75) is 57.2 Å². The van der Waals surface area contributed by atoms with Crippen LogP contribution in [0.3, 0.4) is 0 Å². The van der Waals surface area contributed by atoms with Crippen LogP contribution in [0, 0.1) is 0 Å². The van der Waals surface area contributed by atoms with Crippen LogP contribution in [0.1, 0.15) is 39.0 Å². The predicted octanol–water partition coefficient (Wildman–Crippen LogP) is 0.974. The largest absolute Gasteiger partial charge is 0.396 e. The minimum atomic E-state index is 0.302. The lowest BCUT2D eigenvalue weighted by Crippen LogP contribution is -2.48. The molecule has 0 spiro atoms. The van der Waals surface area contributed by atoms with Gasteiger partial charge >= 0.3 is 0 Å². The Bertz CT molecular complexity index is 198. The summed E-state index contributed by atoms with van der Waals surface area (Å²) in [6.07, 6.45) is 6.27. The minimum absolute atomic E-state index is 0.302. The Morgan fingerprint density at radius 3 is 3.07 bits per heavy atom.